The fraction of sp³-hybridized carbons (Fsp3) is 0.357. The number of fused-ring (bicyclic) bond motifs is 1. The van der Waals surface area contributed by atoms with E-state index in [-0.39, 0.29) is 5.69 Å². The maximum Gasteiger partial charge on any atom is 0.359 e. The molecule has 6 nitrogen and oxygen atoms in total. The van der Waals surface area contributed by atoms with Crippen LogP contribution in [-0.2, 0) is 22.6 Å². The molecule has 0 atom stereocenters. The summed E-state index contributed by atoms with van der Waals surface area (Å²) in [6.45, 7) is 3.60. The van der Waals surface area contributed by atoms with Crippen LogP contribution in [0.3, 0.4) is 0 Å². The van der Waals surface area contributed by atoms with Crippen LogP contribution in [0, 0.1) is 0 Å². The largest absolute Gasteiger partial charge is 0.461 e. The molecule has 0 radical (unpaired) electrons. The van der Waals surface area contributed by atoms with Crippen LogP contribution in [0.5, 0.6) is 0 Å². The quantitative estimate of drug-likeness (QED) is 0.643. The van der Waals surface area contributed by atoms with Gasteiger partial charge in [0, 0.05) is 0 Å². The van der Waals surface area contributed by atoms with Crippen LogP contribution in [0.15, 0.2) is 18.2 Å². The number of carbonyl (C=O) groups is 1. The van der Waals surface area contributed by atoms with Gasteiger partial charge in [-0.2, -0.15) is 5.10 Å². The predicted octanol–water partition coefficient (Wildman–Crippen LogP) is 2.31. The standard InChI is InChI=1S/C14H14ClN3O3/c1-2-21-14(19)13-12(9-4-3-5-11(15)16-9)10-8-20-7-6-18(10)17-13/h3-5H,2,6-8H2,1H3. The van der Waals surface area contributed by atoms with Crippen molar-refractivity contribution in [2.45, 2.75) is 20.1 Å². The highest BCUT2D eigenvalue weighted by Gasteiger charge is 2.27. The molecule has 0 aliphatic carbocycles. The molecule has 0 amide bonds. The topological polar surface area (TPSA) is 66.2 Å². The second kappa shape index (κ2) is 5.83. The Morgan fingerprint density at radius 3 is 3.14 bits per heavy atom. The van der Waals surface area contributed by atoms with E-state index in [1.165, 1.54) is 0 Å². The summed E-state index contributed by atoms with van der Waals surface area (Å²) in [5.41, 5.74) is 2.30. The second-order valence-electron chi connectivity index (χ2n) is 4.51. The molecule has 2 aromatic heterocycles. The Morgan fingerprint density at radius 2 is 2.38 bits per heavy atom. The van der Waals surface area contributed by atoms with Crippen molar-refractivity contribution in [1.82, 2.24) is 14.8 Å². The number of carbonyl (C=O) groups excluding carboxylic acids is 1. The summed E-state index contributed by atoms with van der Waals surface area (Å²) in [4.78, 5) is 16.4. The van der Waals surface area contributed by atoms with E-state index >= 15 is 0 Å². The second-order valence-corrected chi connectivity index (χ2v) is 4.90. The molecule has 0 spiro atoms. The summed E-state index contributed by atoms with van der Waals surface area (Å²) >= 11 is 5.95. The molecular formula is C14H14ClN3O3. The van der Waals surface area contributed by atoms with E-state index in [1.54, 1.807) is 29.8 Å². The number of nitrogens with zero attached hydrogens (tertiary/aromatic N) is 3. The highest BCUT2D eigenvalue weighted by Crippen LogP contribution is 2.30. The first-order valence-electron chi connectivity index (χ1n) is 6.68. The lowest BCUT2D eigenvalue weighted by molar-refractivity contribution is 0.0517. The van der Waals surface area contributed by atoms with Gasteiger partial charge >= 0.3 is 5.97 Å². The van der Waals surface area contributed by atoms with Crippen LogP contribution in [-0.4, -0.2) is 33.9 Å². The lowest BCUT2D eigenvalue weighted by Crippen LogP contribution is -2.17. The number of pyridine rings is 1. The fourth-order valence-electron chi connectivity index (χ4n) is 2.31. The molecule has 0 N–H and O–H groups in total. The lowest BCUT2D eigenvalue weighted by atomic mass is 10.1. The van der Waals surface area contributed by atoms with Gasteiger partial charge in [-0.1, -0.05) is 17.7 Å². The van der Waals surface area contributed by atoms with Crippen molar-refractivity contribution in [3.63, 3.8) is 0 Å². The molecule has 0 saturated heterocycles. The molecule has 7 heteroatoms. The number of aromatic nitrogens is 3. The number of hydrogen-bond donors (Lipinski definition) is 0. The zero-order chi connectivity index (χ0) is 14.8. The van der Waals surface area contributed by atoms with E-state index in [0.29, 0.717) is 42.8 Å². The Bertz CT molecular complexity index is 684. The van der Waals surface area contributed by atoms with E-state index < -0.39 is 5.97 Å². The van der Waals surface area contributed by atoms with Gasteiger partial charge in [-0.15, -0.1) is 0 Å². The summed E-state index contributed by atoms with van der Waals surface area (Å²) in [7, 11) is 0. The van der Waals surface area contributed by atoms with Crippen LogP contribution in [0.4, 0.5) is 0 Å². The van der Waals surface area contributed by atoms with Gasteiger partial charge in [-0.05, 0) is 19.1 Å². The van der Waals surface area contributed by atoms with Gasteiger partial charge in [0.05, 0.1) is 43.3 Å². The molecule has 0 fully saturated rings. The number of esters is 1. The summed E-state index contributed by atoms with van der Waals surface area (Å²) in [6, 6.07) is 5.26. The molecule has 1 aliphatic heterocycles. The third-order valence-electron chi connectivity index (χ3n) is 3.18. The highest BCUT2D eigenvalue weighted by molar-refractivity contribution is 6.29. The maximum atomic E-state index is 12.1. The minimum Gasteiger partial charge on any atom is -0.461 e. The maximum absolute atomic E-state index is 12.1. The number of hydrogen-bond acceptors (Lipinski definition) is 5. The van der Waals surface area contributed by atoms with Gasteiger partial charge in [0.15, 0.2) is 5.69 Å². The van der Waals surface area contributed by atoms with Crippen molar-refractivity contribution in [2.75, 3.05) is 13.2 Å². The van der Waals surface area contributed by atoms with Gasteiger partial charge in [0.1, 0.15) is 5.15 Å². The zero-order valence-corrected chi connectivity index (χ0v) is 12.3. The van der Waals surface area contributed by atoms with Crippen molar-refractivity contribution >= 4 is 17.6 Å². The van der Waals surface area contributed by atoms with Crippen molar-refractivity contribution in [3.8, 4) is 11.3 Å². The van der Waals surface area contributed by atoms with E-state index in [4.69, 9.17) is 21.1 Å². The van der Waals surface area contributed by atoms with Gasteiger partial charge in [0.25, 0.3) is 0 Å². The fourth-order valence-corrected chi connectivity index (χ4v) is 2.47. The summed E-state index contributed by atoms with van der Waals surface area (Å²) < 4.78 is 12.3. The minimum atomic E-state index is -0.462. The molecular weight excluding hydrogens is 294 g/mol. The number of ether oxygens (including phenoxy) is 2. The normalized spacial score (nSPS) is 13.8. The molecule has 3 heterocycles. The van der Waals surface area contributed by atoms with Gasteiger partial charge in [-0.3, -0.25) is 4.68 Å². The molecule has 2 aromatic rings. The smallest absolute Gasteiger partial charge is 0.359 e. The van der Waals surface area contributed by atoms with Gasteiger partial charge in [0.2, 0.25) is 0 Å². The molecule has 21 heavy (non-hydrogen) atoms. The Hall–Kier alpha value is -1.92. The molecule has 110 valence electrons. The van der Waals surface area contributed by atoms with E-state index in [0.717, 1.165) is 5.69 Å². The molecule has 0 saturated carbocycles. The summed E-state index contributed by atoms with van der Waals surface area (Å²) in [5.74, 6) is -0.462. The van der Waals surface area contributed by atoms with Gasteiger partial charge < -0.3 is 9.47 Å². The number of halogens is 1. The van der Waals surface area contributed by atoms with E-state index in [9.17, 15) is 4.79 Å². The van der Waals surface area contributed by atoms with E-state index in [2.05, 4.69) is 10.1 Å². The van der Waals surface area contributed by atoms with Crippen LogP contribution in [0.1, 0.15) is 23.1 Å². The van der Waals surface area contributed by atoms with Crippen molar-refractivity contribution in [3.05, 3.63) is 34.7 Å². The first kappa shape index (κ1) is 14.0. The van der Waals surface area contributed by atoms with Gasteiger partial charge in [-0.25, -0.2) is 9.78 Å². The lowest BCUT2D eigenvalue weighted by Gasteiger charge is -2.15. The molecule has 0 bridgehead atoms. The molecule has 1 aliphatic rings. The molecule has 3 rings (SSSR count). The summed E-state index contributed by atoms with van der Waals surface area (Å²) in [5, 5.41) is 4.71. The molecule has 0 aromatic carbocycles. The Balaban J connectivity index is 2.16. The SMILES string of the molecule is CCOC(=O)c1nn2c(c1-c1cccc(Cl)n1)COCC2. The summed E-state index contributed by atoms with van der Waals surface area (Å²) in [6.07, 6.45) is 0. The third-order valence-corrected chi connectivity index (χ3v) is 3.39. The van der Waals surface area contributed by atoms with Crippen LogP contribution in [0.25, 0.3) is 11.3 Å². The van der Waals surface area contributed by atoms with Crippen molar-refractivity contribution in [2.24, 2.45) is 0 Å². The van der Waals surface area contributed by atoms with Crippen molar-refractivity contribution < 1.29 is 14.3 Å². The van der Waals surface area contributed by atoms with E-state index in [1.807, 2.05) is 0 Å². The van der Waals surface area contributed by atoms with Crippen LogP contribution in [0.2, 0.25) is 5.15 Å². The predicted molar refractivity (Wildman–Crippen MR) is 76.1 cm³/mol. The Morgan fingerprint density at radius 1 is 1.52 bits per heavy atom. The zero-order valence-electron chi connectivity index (χ0n) is 11.5. The first-order valence-corrected chi connectivity index (χ1v) is 7.06. The first-order chi connectivity index (χ1) is 10.2. The van der Waals surface area contributed by atoms with Crippen LogP contribution < -0.4 is 0 Å². The number of rotatable bonds is 3. The van der Waals surface area contributed by atoms with Crippen molar-refractivity contribution in [1.29, 1.82) is 0 Å². The van der Waals surface area contributed by atoms with Crippen LogP contribution >= 0.6 is 11.6 Å². The minimum absolute atomic E-state index is 0.257. The average molecular weight is 308 g/mol. The monoisotopic (exact) mass is 307 g/mol. The highest BCUT2D eigenvalue weighted by atomic mass is 35.5. The Labute approximate surface area is 126 Å². The third kappa shape index (κ3) is 2.64. The average Bonchev–Trinajstić information content (AvgIpc) is 2.87. The Kier molecular flexibility index (Phi) is 3.90. The molecule has 0 unspecified atom stereocenters.